The zero-order valence-electron chi connectivity index (χ0n) is 11.9. The number of fused-ring (bicyclic) bond motifs is 1. The fourth-order valence-corrected chi connectivity index (χ4v) is 2.61. The molecule has 0 spiro atoms. The molecule has 3 aromatic rings. The standard InChI is InChI=1S/C16H15N3O2/c1-10-15(16(20)21)11(2)19(18-10)9-12-7-8-17-14-6-4-3-5-13(12)14/h3-8H,9H2,1-2H3,(H,20,21). The predicted molar refractivity (Wildman–Crippen MR) is 79.5 cm³/mol. The van der Waals surface area contributed by atoms with E-state index in [0.29, 0.717) is 17.9 Å². The van der Waals surface area contributed by atoms with Crippen LogP contribution in [0, 0.1) is 13.8 Å². The average Bonchev–Trinajstić information content (AvgIpc) is 2.74. The van der Waals surface area contributed by atoms with E-state index in [1.54, 1.807) is 24.7 Å². The normalized spacial score (nSPS) is 11.0. The highest BCUT2D eigenvalue weighted by Crippen LogP contribution is 2.19. The number of aromatic nitrogens is 3. The number of rotatable bonds is 3. The van der Waals surface area contributed by atoms with E-state index in [0.717, 1.165) is 16.5 Å². The summed E-state index contributed by atoms with van der Waals surface area (Å²) < 4.78 is 1.74. The lowest BCUT2D eigenvalue weighted by atomic mass is 10.1. The van der Waals surface area contributed by atoms with Crippen LogP contribution >= 0.6 is 0 Å². The van der Waals surface area contributed by atoms with Crippen LogP contribution in [0.25, 0.3) is 10.9 Å². The Bertz CT molecular complexity index is 831. The van der Waals surface area contributed by atoms with E-state index in [4.69, 9.17) is 0 Å². The van der Waals surface area contributed by atoms with E-state index in [9.17, 15) is 9.90 Å². The Morgan fingerprint density at radius 2 is 2.00 bits per heavy atom. The van der Waals surface area contributed by atoms with Crippen LogP contribution < -0.4 is 0 Å². The lowest BCUT2D eigenvalue weighted by Gasteiger charge is -2.08. The molecule has 0 aliphatic carbocycles. The number of para-hydroxylation sites is 1. The van der Waals surface area contributed by atoms with Crippen LogP contribution in [0.1, 0.15) is 27.3 Å². The molecule has 0 saturated heterocycles. The molecule has 2 heterocycles. The minimum Gasteiger partial charge on any atom is -0.478 e. The van der Waals surface area contributed by atoms with E-state index in [2.05, 4.69) is 10.1 Å². The summed E-state index contributed by atoms with van der Waals surface area (Å²) in [7, 11) is 0. The second kappa shape index (κ2) is 5.01. The Balaban J connectivity index is 2.07. The number of hydrogen-bond acceptors (Lipinski definition) is 3. The average molecular weight is 281 g/mol. The van der Waals surface area contributed by atoms with Gasteiger partial charge in [0.2, 0.25) is 0 Å². The van der Waals surface area contributed by atoms with E-state index in [1.807, 2.05) is 30.3 Å². The van der Waals surface area contributed by atoms with Crippen LogP contribution in [-0.4, -0.2) is 25.8 Å². The minimum atomic E-state index is -0.934. The van der Waals surface area contributed by atoms with Crippen molar-refractivity contribution in [3.05, 3.63) is 59.0 Å². The summed E-state index contributed by atoms with van der Waals surface area (Å²) in [6, 6.07) is 9.84. The summed E-state index contributed by atoms with van der Waals surface area (Å²) >= 11 is 0. The lowest BCUT2D eigenvalue weighted by molar-refractivity contribution is 0.0695. The van der Waals surface area contributed by atoms with Crippen LogP contribution in [0.4, 0.5) is 0 Å². The molecule has 2 aromatic heterocycles. The van der Waals surface area contributed by atoms with Gasteiger partial charge in [0.1, 0.15) is 5.56 Å². The molecule has 0 saturated carbocycles. The molecule has 0 unspecified atom stereocenters. The molecule has 0 bridgehead atoms. The zero-order chi connectivity index (χ0) is 15.0. The first kappa shape index (κ1) is 13.3. The Morgan fingerprint density at radius 3 is 2.71 bits per heavy atom. The maximum atomic E-state index is 11.3. The van der Waals surface area contributed by atoms with Crippen molar-refractivity contribution in [2.45, 2.75) is 20.4 Å². The van der Waals surface area contributed by atoms with Gasteiger partial charge >= 0.3 is 5.97 Å². The topological polar surface area (TPSA) is 68.0 Å². The van der Waals surface area contributed by atoms with Crippen molar-refractivity contribution in [3.8, 4) is 0 Å². The van der Waals surface area contributed by atoms with Gasteiger partial charge in [-0.15, -0.1) is 0 Å². The number of carboxylic acid groups (broad SMARTS) is 1. The van der Waals surface area contributed by atoms with Gasteiger partial charge < -0.3 is 5.11 Å². The maximum absolute atomic E-state index is 11.3. The lowest BCUT2D eigenvalue weighted by Crippen LogP contribution is -2.06. The number of nitrogens with zero attached hydrogens (tertiary/aromatic N) is 3. The first-order valence-corrected chi connectivity index (χ1v) is 6.68. The van der Waals surface area contributed by atoms with Gasteiger partial charge in [0, 0.05) is 11.6 Å². The Kier molecular flexibility index (Phi) is 3.17. The molecule has 0 atom stereocenters. The van der Waals surface area contributed by atoms with Crippen LogP contribution in [-0.2, 0) is 6.54 Å². The van der Waals surface area contributed by atoms with E-state index in [-0.39, 0.29) is 5.56 Å². The molecule has 21 heavy (non-hydrogen) atoms. The molecule has 0 fully saturated rings. The molecule has 0 aliphatic heterocycles. The Morgan fingerprint density at radius 1 is 1.24 bits per heavy atom. The van der Waals surface area contributed by atoms with Gasteiger partial charge in [0.15, 0.2) is 0 Å². The number of carbonyl (C=O) groups is 1. The molecule has 106 valence electrons. The van der Waals surface area contributed by atoms with E-state index < -0.39 is 5.97 Å². The van der Waals surface area contributed by atoms with Gasteiger partial charge in [-0.05, 0) is 31.5 Å². The van der Waals surface area contributed by atoms with Crippen molar-refractivity contribution in [3.63, 3.8) is 0 Å². The zero-order valence-corrected chi connectivity index (χ0v) is 11.9. The van der Waals surface area contributed by atoms with Gasteiger partial charge in [0.05, 0.1) is 23.4 Å². The number of carboxylic acids is 1. The van der Waals surface area contributed by atoms with Crippen LogP contribution in [0.5, 0.6) is 0 Å². The summed E-state index contributed by atoms with van der Waals surface area (Å²) in [5, 5.41) is 14.6. The van der Waals surface area contributed by atoms with Gasteiger partial charge in [-0.3, -0.25) is 9.67 Å². The van der Waals surface area contributed by atoms with Gasteiger partial charge in [-0.25, -0.2) is 4.79 Å². The van der Waals surface area contributed by atoms with Crippen LogP contribution in [0.2, 0.25) is 0 Å². The van der Waals surface area contributed by atoms with Crippen molar-refractivity contribution in [1.29, 1.82) is 0 Å². The minimum absolute atomic E-state index is 0.286. The van der Waals surface area contributed by atoms with Crippen molar-refractivity contribution in [2.75, 3.05) is 0 Å². The van der Waals surface area contributed by atoms with Gasteiger partial charge in [0.25, 0.3) is 0 Å². The summed E-state index contributed by atoms with van der Waals surface area (Å²) in [6.07, 6.45) is 1.77. The third-order valence-corrected chi connectivity index (χ3v) is 3.65. The van der Waals surface area contributed by atoms with Crippen molar-refractivity contribution < 1.29 is 9.90 Å². The third-order valence-electron chi connectivity index (χ3n) is 3.65. The maximum Gasteiger partial charge on any atom is 0.339 e. The number of hydrogen-bond donors (Lipinski definition) is 1. The molecule has 1 N–H and O–H groups in total. The number of aryl methyl sites for hydroxylation is 1. The molecule has 0 aliphatic rings. The largest absolute Gasteiger partial charge is 0.478 e. The molecule has 5 heteroatoms. The van der Waals surface area contributed by atoms with E-state index in [1.165, 1.54) is 0 Å². The molecule has 5 nitrogen and oxygen atoms in total. The van der Waals surface area contributed by atoms with Crippen molar-refractivity contribution in [2.24, 2.45) is 0 Å². The van der Waals surface area contributed by atoms with Gasteiger partial charge in [-0.1, -0.05) is 18.2 Å². The summed E-state index contributed by atoms with van der Waals surface area (Å²) in [5.74, 6) is -0.934. The monoisotopic (exact) mass is 281 g/mol. The second-order valence-corrected chi connectivity index (χ2v) is 5.00. The second-order valence-electron chi connectivity index (χ2n) is 5.00. The quantitative estimate of drug-likeness (QED) is 0.801. The highest BCUT2D eigenvalue weighted by atomic mass is 16.4. The molecule has 1 aromatic carbocycles. The first-order valence-electron chi connectivity index (χ1n) is 6.68. The molecule has 0 amide bonds. The number of aromatic carboxylic acids is 1. The van der Waals surface area contributed by atoms with Gasteiger partial charge in [-0.2, -0.15) is 5.10 Å². The van der Waals surface area contributed by atoms with Crippen LogP contribution in [0.3, 0.4) is 0 Å². The van der Waals surface area contributed by atoms with Crippen molar-refractivity contribution >= 4 is 16.9 Å². The predicted octanol–water partition coefficient (Wildman–Crippen LogP) is 2.79. The van der Waals surface area contributed by atoms with E-state index >= 15 is 0 Å². The molecule has 0 radical (unpaired) electrons. The van der Waals surface area contributed by atoms with Crippen LogP contribution in [0.15, 0.2) is 36.5 Å². The molecule has 3 rings (SSSR count). The number of pyridine rings is 1. The summed E-state index contributed by atoms with van der Waals surface area (Å²) in [5.41, 5.74) is 3.49. The molecular weight excluding hydrogens is 266 g/mol. The highest BCUT2D eigenvalue weighted by Gasteiger charge is 2.18. The Hall–Kier alpha value is -2.69. The fraction of sp³-hybridized carbons (Fsp3) is 0.188. The summed E-state index contributed by atoms with van der Waals surface area (Å²) in [6.45, 7) is 4.04. The smallest absolute Gasteiger partial charge is 0.339 e. The first-order chi connectivity index (χ1) is 10.1. The Labute approximate surface area is 121 Å². The third kappa shape index (κ3) is 2.27. The van der Waals surface area contributed by atoms with Crippen molar-refractivity contribution in [1.82, 2.24) is 14.8 Å². The fourth-order valence-electron chi connectivity index (χ4n) is 2.61. The number of benzene rings is 1. The SMILES string of the molecule is Cc1nn(Cc2ccnc3ccccc23)c(C)c1C(=O)O. The highest BCUT2D eigenvalue weighted by molar-refractivity contribution is 5.90. The summed E-state index contributed by atoms with van der Waals surface area (Å²) in [4.78, 5) is 15.6. The molecular formula is C16H15N3O2.